The Balaban J connectivity index is 3.16. The molecule has 0 N–H and O–H groups in total. The lowest BCUT2D eigenvalue weighted by atomic mass is 10.3. The molecule has 4 nitrogen and oxygen atoms in total. The van der Waals surface area contributed by atoms with Crippen LogP contribution in [0.1, 0.15) is 26.7 Å². The van der Waals surface area contributed by atoms with Gasteiger partial charge in [0.05, 0.1) is 16.7 Å². The minimum absolute atomic E-state index is 0.00576. The molecule has 1 rings (SSSR count). The fraction of sp³-hybridized carbons (Fsp3) is 0.538. The number of hydrogen-bond acceptors (Lipinski definition) is 3. The highest BCUT2D eigenvalue weighted by Crippen LogP contribution is 2.34. The number of sulfonamides is 1. The summed E-state index contributed by atoms with van der Waals surface area (Å²) in [6, 6.07) is 2.78. The molecule has 0 aliphatic heterocycles. The third-order valence-corrected chi connectivity index (χ3v) is 5.42. The Bertz CT molecular complexity index is 561. The van der Waals surface area contributed by atoms with E-state index in [4.69, 9.17) is 27.9 Å². The summed E-state index contributed by atoms with van der Waals surface area (Å²) < 4.78 is 31.4. The van der Waals surface area contributed by atoms with Crippen LogP contribution in [0.25, 0.3) is 0 Å². The largest absolute Gasteiger partial charge is 0.492 e. The zero-order chi connectivity index (χ0) is 15.3. The van der Waals surface area contributed by atoms with Crippen molar-refractivity contribution in [3.63, 3.8) is 0 Å². The Hall–Kier alpha value is -0.490. The standard InChI is InChI=1S/C13H19Cl2NO3S/c1-4-6-7-16(3)20(17,18)13-9-10(14)12(19-5-2)8-11(13)15/h8-9H,4-7H2,1-3H3. The van der Waals surface area contributed by atoms with Gasteiger partial charge in [-0.3, -0.25) is 0 Å². The van der Waals surface area contributed by atoms with Crippen molar-refractivity contribution in [2.75, 3.05) is 20.2 Å². The number of unbranched alkanes of at least 4 members (excludes halogenated alkanes) is 1. The highest BCUT2D eigenvalue weighted by atomic mass is 35.5. The van der Waals surface area contributed by atoms with Gasteiger partial charge in [0.15, 0.2) is 0 Å². The minimum atomic E-state index is -3.63. The van der Waals surface area contributed by atoms with Crippen molar-refractivity contribution in [1.29, 1.82) is 0 Å². The second kappa shape index (κ2) is 7.50. The smallest absolute Gasteiger partial charge is 0.244 e. The summed E-state index contributed by atoms with van der Waals surface area (Å²) in [4.78, 5) is 0.00576. The maximum Gasteiger partial charge on any atom is 0.244 e. The number of benzene rings is 1. The molecule has 0 amide bonds. The Labute approximate surface area is 130 Å². The van der Waals surface area contributed by atoms with E-state index >= 15 is 0 Å². The van der Waals surface area contributed by atoms with Crippen LogP contribution in [0.15, 0.2) is 17.0 Å². The first-order valence-corrected chi connectivity index (χ1v) is 8.62. The lowest BCUT2D eigenvalue weighted by molar-refractivity contribution is 0.340. The number of hydrogen-bond donors (Lipinski definition) is 0. The van der Waals surface area contributed by atoms with Crippen LogP contribution >= 0.6 is 23.2 Å². The Morgan fingerprint density at radius 1 is 1.20 bits per heavy atom. The van der Waals surface area contributed by atoms with Crippen LogP contribution in [0, 0.1) is 0 Å². The first-order chi connectivity index (χ1) is 9.34. The van der Waals surface area contributed by atoms with Gasteiger partial charge >= 0.3 is 0 Å². The molecule has 1 aromatic rings. The molecule has 114 valence electrons. The SMILES string of the molecule is CCCCN(C)S(=O)(=O)c1cc(Cl)c(OCC)cc1Cl. The fourth-order valence-electron chi connectivity index (χ4n) is 1.64. The summed E-state index contributed by atoms with van der Waals surface area (Å²) in [5, 5.41) is 0.347. The molecule has 20 heavy (non-hydrogen) atoms. The van der Waals surface area contributed by atoms with Gasteiger partial charge in [0.1, 0.15) is 10.6 Å². The highest BCUT2D eigenvalue weighted by molar-refractivity contribution is 7.89. The Kier molecular flexibility index (Phi) is 6.58. The summed E-state index contributed by atoms with van der Waals surface area (Å²) in [5.41, 5.74) is 0. The van der Waals surface area contributed by atoms with Crippen molar-refractivity contribution in [1.82, 2.24) is 4.31 Å². The molecule has 0 aliphatic rings. The summed E-state index contributed by atoms with van der Waals surface area (Å²) in [6.45, 7) is 4.69. The molecule has 7 heteroatoms. The van der Waals surface area contributed by atoms with Gasteiger partial charge in [-0.05, 0) is 19.4 Å². The fourth-order valence-corrected chi connectivity index (χ4v) is 3.65. The van der Waals surface area contributed by atoms with E-state index in [9.17, 15) is 8.42 Å². The number of ether oxygens (including phenoxy) is 1. The van der Waals surface area contributed by atoms with Crippen LogP contribution < -0.4 is 4.74 Å². The molecule has 0 fully saturated rings. The second-order valence-electron chi connectivity index (χ2n) is 4.33. The molecule has 0 atom stereocenters. The van der Waals surface area contributed by atoms with Gasteiger partial charge in [0.25, 0.3) is 0 Å². The van der Waals surface area contributed by atoms with Crippen LogP contribution in [0.4, 0.5) is 0 Å². The van der Waals surface area contributed by atoms with Crippen molar-refractivity contribution in [2.24, 2.45) is 0 Å². The van der Waals surface area contributed by atoms with Gasteiger partial charge in [0, 0.05) is 19.7 Å². The van der Waals surface area contributed by atoms with E-state index in [0.717, 1.165) is 12.8 Å². The summed E-state index contributed by atoms with van der Waals surface area (Å²) in [7, 11) is -2.10. The average Bonchev–Trinajstić information content (AvgIpc) is 2.39. The second-order valence-corrected chi connectivity index (χ2v) is 7.15. The minimum Gasteiger partial charge on any atom is -0.492 e. The monoisotopic (exact) mass is 339 g/mol. The third kappa shape index (κ3) is 4.01. The molecule has 0 saturated carbocycles. The molecule has 0 heterocycles. The Morgan fingerprint density at radius 2 is 1.85 bits per heavy atom. The molecule has 0 saturated heterocycles. The van der Waals surface area contributed by atoms with E-state index in [1.807, 2.05) is 13.8 Å². The van der Waals surface area contributed by atoms with E-state index in [0.29, 0.717) is 18.9 Å². The third-order valence-electron chi connectivity index (χ3n) is 2.80. The topological polar surface area (TPSA) is 46.6 Å². The van der Waals surface area contributed by atoms with Crippen LogP contribution in [-0.2, 0) is 10.0 Å². The summed E-state index contributed by atoms with van der Waals surface area (Å²) in [5.74, 6) is 0.384. The molecule has 1 aromatic carbocycles. The molecule has 0 bridgehead atoms. The van der Waals surface area contributed by atoms with Crippen molar-refractivity contribution in [3.8, 4) is 5.75 Å². The zero-order valence-corrected chi connectivity index (χ0v) is 14.1. The van der Waals surface area contributed by atoms with Gasteiger partial charge < -0.3 is 4.74 Å². The number of rotatable bonds is 7. The van der Waals surface area contributed by atoms with E-state index in [1.165, 1.54) is 23.5 Å². The van der Waals surface area contributed by atoms with Crippen LogP contribution in [0.2, 0.25) is 10.0 Å². The van der Waals surface area contributed by atoms with Crippen LogP contribution in [0.5, 0.6) is 5.75 Å². The van der Waals surface area contributed by atoms with E-state index in [-0.39, 0.29) is 14.9 Å². The molecular formula is C13H19Cl2NO3S. The van der Waals surface area contributed by atoms with Gasteiger partial charge in [-0.15, -0.1) is 0 Å². The Morgan fingerprint density at radius 3 is 2.40 bits per heavy atom. The van der Waals surface area contributed by atoms with Crippen molar-refractivity contribution in [2.45, 2.75) is 31.6 Å². The van der Waals surface area contributed by atoms with Gasteiger partial charge in [0.2, 0.25) is 10.0 Å². The average molecular weight is 340 g/mol. The zero-order valence-electron chi connectivity index (χ0n) is 11.8. The number of nitrogens with zero attached hydrogens (tertiary/aromatic N) is 1. The molecule has 0 aliphatic carbocycles. The summed E-state index contributed by atoms with van der Waals surface area (Å²) in [6.07, 6.45) is 1.70. The van der Waals surface area contributed by atoms with Gasteiger partial charge in [-0.2, -0.15) is 0 Å². The maximum atomic E-state index is 12.4. The van der Waals surface area contributed by atoms with E-state index in [2.05, 4.69) is 0 Å². The van der Waals surface area contributed by atoms with Crippen LogP contribution in [-0.4, -0.2) is 32.9 Å². The normalized spacial score (nSPS) is 11.9. The van der Waals surface area contributed by atoms with Gasteiger partial charge in [-0.1, -0.05) is 36.5 Å². The predicted molar refractivity (Wildman–Crippen MR) is 82.4 cm³/mol. The van der Waals surface area contributed by atoms with Crippen molar-refractivity contribution in [3.05, 3.63) is 22.2 Å². The summed E-state index contributed by atoms with van der Waals surface area (Å²) >= 11 is 12.1. The molecule has 0 unspecified atom stereocenters. The van der Waals surface area contributed by atoms with Crippen molar-refractivity contribution < 1.29 is 13.2 Å². The van der Waals surface area contributed by atoms with E-state index in [1.54, 1.807) is 0 Å². The lowest BCUT2D eigenvalue weighted by Crippen LogP contribution is -2.28. The molecule has 0 radical (unpaired) electrons. The van der Waals surface area contributed by atoms with Gasteiger partial charge in [-0.25, -0.2) is 12.7 Å². The first-order valence-electron chi connectivity index (χ1n) is 6.42. The maximum absolute atomic E-state index is 12.4. The first kappa shape index (κ1) is 17.6. The predicted octanol–water partition coefficient (Wildman–Crippen LogP) is 3.81. The lowest BCUT2D eigenvalue weighted by Gasteiger charge is -2.18. The molecule has 0 spiro atoms. The van der Waals surface area contributed by atoms with Crippen LogP contribution in [0.3, 0.4) is 0 Å². The quantitative estimate of drug-likeness (QED) is 0.758. The molecular weight excluding hydrogens is 321 g/mol. The molecule has 0 aromatic heterocycles. The van der Waals surface area contributed by atoms with Crippen molar-refractivity contribution >= 4 is 33.2 Å². The number of halogens is 2. The highest BCUT2D eigenvalue weighted by Gasteiger charge is 2.24. The van der Waals surface area contributed by atoms with E-state index < -0.39 is 10.0 Å².